The number of para-hydroxylation sites is 1. The second-order valence-corrected chi connectivity index (χ2v) is 10.7. The molecule has 2 aromatic heterocycles. The lowest BCUT2D eigenvalue weighted by Gasteiger charge is -2.27. The van der Waals surface area contributed by atoms with Gasteiger partial charge in [-0.15, -0.1) is 0 Å². The normalized spacial score (nSPS) is 17.5. The van der Waals surface area contributed by atoms with Crippen LogP contribution < -0.4 is 10.6 Å². The van der Waals surface area contributed by atoms with E-state index in [1.54, 1.807) is 6.20 Å². The number of alkyl halides is 1. The van der Waals surface area contributed by atoms with Crippen LogP contribution in [0, 0.1) is 11.7 Å². The van der Waals surface area contributed by atoms with Gasteiger partial charge in [-0.1, -0.05) is 35.9 Å². The number of anilines is 1. The largest absolute Gasteiger partial charge is 0.481 e. The molecule has 2 amide bonds. The molecule has 0 saturated heterocycles. The van der Waals surface area contributed by atoms with Gasteiger partial charge in [-0.25, -0.2) is 8.78 Å². The third-order valence-corrected chi connectivity index (χ3v) is 7.91. The van der Waals surface area contributed by atoms with Crippen molar-refractivity contribution in [2.75, 3.05) is 5.32 Å². The quantitative estimate of drug-likeness (QED) is 0.251. The molecule has 5 rings (SSSR count). The van der Waals surface area contributed by atoms with E-state index in [4.69, 9.17) is 16.7 Å². The summed E-state index contributed by atoms with van der Waals surface area (Å²) in [4.78, 5) is 50.1. The van der Waals surface area contributed by atoms with E-state index in [9.17, 15) is 23.6 Å². The zero-order valence-corrected chi connectivity index (χ0v) is 23.2. The van der Waals surface area contributed by atoms with Gasteiger partial charge in [-0.2, -0.15) is 0 Å². The van der Waals surface area contributed by atoms with Crippen LogP contribution in [0.15, 0.2) is 60.9 Å². The molecule has 1 unspecified atom stereocenters. The van der Waals surface area contributed by atoms with Crippen LogP contribution in [-0.4, -0.2) is 44.0 Å². The van der Waals surface area contributed by atoms with Gasteiger partial charge >= 0.3 is 5.97 Å². The molecule has 42 heavy (non-hydrogen) atoms. The SMILES string of the molecule is Cn1cc(C(=O)Nc2ccc(C(F)C(=O)n3ccc(F)c3C(=O)NC3CCC(C(=O)O)CC3)cc2Cl)c2ccccc21. The molecule has 1 aliphatic rings. The Morgan fingerprint density at radius 1 is 1.02 bits per heavy atom. The molecule has 2 heterocycles. The van der Waals surface area contributed by atoms with E-state index in [2.05, 4.69) is 10.6 Å². The minimum Gasteiger partial charge on any atom is -0.481 e. The average Bonchev–Trinajstić information content (AvgIpc) is 3.53. The first-order valence-corrected chi connectivity index (χ1v) is 13.7. The molecule has 0 bridgehead atoms. The molecule has 3 N–H and O–H groups in total. The number of benzene rings is 2. The number of nitrogens with one attached hydrogen (secondary N) is 2. The molecule has 1 saturated carbocycles. The first-order valence-electron chi connectivity index (χ1n) is 13.3. The van der Waals surface area contributed by atoms with Gasteiger partial charge in [0, 0.05) is 36.4 Å². The Morgan fingerprint density at radius 3 is 2.43 bits per heavy atom. The molecule has 4 aromatic rings. The fourth-order valence-electron chi connectivity index (χ4n) is 5.32. The topological polar surface area (TPSA) is 122 Å². The predicted octanol–water partition coefficient (Wildman–Crippen LogP) is 5.75. The summed E-state index contributed by atoms with van der Waals surface area (Å²) in [5, 5.41) is 15.2. The molecule has 218 valence electrons. The van der Waals surface area contributed by atoms with Crippen LogP contribution in [0.3, 0.4) is 0 Å². The molecule has 1 aliphatic carbocycles. The molecule has 0 spiro atoms. The summed E-state index contributed by atoms with van der Waals surface area (Å²) in [5.74, 6) is -4.94. The van der Waals surface area contributed by atoms with E-state index in [1.807, 2.05) is 35.9 Å². The standard InChI is InChI=1S/C30H27ClF2N4O5/c1-36-15-20(19-4-2-3-5-24(19)36)27(38)35-23-11-8-17(14-21(23)31)25(33)29(40)37-13-12-22(32)26(37)28(39)34-18-9-6-16(7-10-18)30(41)42/h2-5,8,11-16,18,25H,6-7,9-10H2,1H3,(H,34,39)(H,35,38)(H,41,42). The smallest absolute Gasteiger partial charge is 0.306 e. The summed E-state index contributed by atoms with van der Waals surface area (Å²) >= 11 is 6.34. The fraction of sp³-hybridized carbons (Fsp3) is 0.267. The van der Waals surface area contributed by atoms with Crippen molar-refractivity contribution in [3.8, 4) is 0 Å². The van der Waals surface area contributed by atoms with Crippen LogP contribution in [0.1, 0.15) is 63.1 Å². The lowest BCUT2D eigenvalue weighted by atomic mass is 9.86. The number of fused-ring (bicyclic) bond motifs is 1. The molecule has 12 heteroatoms. The number of amides is 2. The first-order chi connectivity index (χ1) is 20.0. The molecule has 2 aromatic carbocycles. The Morgan fingerprint density at radius 2 is 1.74 bits per heavy atom. The van der Waals surface area contributed by atoms with Gasteiger partial charge in [0.2, 0.25) is 6.17 Å². The Bertz CT molecular complexity index is 1710. The van der Waals surface area contributed by atoms with Crippen molar-refractivity contribution < 1.29 is 33.1 Å². The zero-order valence-electron chi connectivity index (χ0n) is 22.4. The van der Waals surface area contributed by atoms with E-state index in [1.165, 1.54) is 18.2 Å². The zero-order chi connectivity index (χ0) is 30.1. The third-order valence-electron chi connectivity index (χ3n) is 7.59. The summed E-state index contributed by atoms with van der Waals surface area (Å²) in [6, 6.07) is 11.7. The van der Waals surface area contributed by atoms with E-state index in [0.29, 0.717) is 35.8 Å². The lowest BCUT2D eigenvalue weighted by Crippen LogP contribution is -2.40. The number of rotatable bonds is 7. The fourth-order valence-corrected chi connectivity index (χ4v) is 5.55. The highest BCUT2D eigenvalue weighted by Gasteiger charge is 2.31. The van der Waals surface area contributed by atoms with Gasteiger partial charge < -0.3 is 20.3 Å². The van der Waals surface area contributed by atoms with Gasteiger partial charge in [0.25, 0.3) is 17.7 Å². The number of carboxylic acids is 1. The van der Waals surface area contributed by atoms with Gasteiger partial charge in [-0.05, 0) is 55.5 Å². The van der Waals surface area contributed by atoms with Crippen LogP contribution in [0.4, 0.5) is 14.5 Å². The third kappa shape index (κ3) is 5.64. The van der Waals surface area contributed by atoms with Crippen molar-refractivity contribution in [1.29, 1.82) is 0 Å². The second-order valence-electron chi connectivity index (χ2n) is 10.3. The maximum Gasteiger partial charge on any atom is 0.306 e. The Labute approximate surface area is 244 Å². The Kier molecular flexibility index (Phi) is 8.13. The predicted molar refractivity (Wildman–Crippen MR) is 152 cm³/mol. The summed E-state index contributed by atoms with van der Waals surface area (Å²) in [6.07, 6.45) is 1.83. The maximum atomic E-state index is 15.4. The number of carbonyl (C=O) groups excluding carboxylic acids is 3. The minimum absolute atomic E-state index is 0.0230. The van der Waals surface area contributed by atoms with Crippen molar-refractivity contribution in [3.05, 3.63) is 88.6 Å². The number of aliphatic carboxylic acids is 1. The summed E-state index contributed by atoms with van der Waals surface area (Å²) in [7, 11) is 1.82. The summed E-state index contributed by atoms with van der Waals surface area (Å²) in [5.41, 5.74) is 0.682. The van der Waals surface area contributed by atoms with Crippen molar-refractivity contribution >= 4 is 51.9 Å². The van der Waals surface area contributed by atoms with Gasteiger partial charge in [0.15, 0.2) is 5.82 Å². The van der Waals surface area contributed by atoms with Crippen molar-refractivity contribution in [2.24, 2.45) is 13.0 Å². The number of hydrogen-bond donors (Lipinski definition) is 3. The maximum absolute atomic E-state index is 15.4. The van der Waals surface area contributed by atoms with Gasteiger partial charge in [0.1, 0.15) is 5.69 Å². The minimum atomic E-state index is -2.30. The van der Waals surface area contributed by atoms with E-state index in [-0.39, 0.29) is 16.3 Å². The van der Waals surface area contributed by atoms with Crippen molar-refractivity contribution in [1.82, 2.24) is 14.5 Å². The van der Waals surface area contributed by atoms with Crippen molar-refractivity contribution in [3.63, 3.8) is 0 Å². The number of nitrogens with zero attached hydrogens (tertiary/aromatic N) is 2. The highest BCUT2D eigenvalue weighted by atomic mass is 35.5. The van der Waals surface area contributed by atoms with Crippen LogP contribution >= 0.6 is 11.6 Å². The molecule has 1 atom stereocenters. The number of hydrogen-bond acceptors (Lipinski definition) is 4. The molecular formula is C30H27ClF2N4O5. The van der Waals surface area contributed by atoms with Crippen LogP contribution in [-0.2, 0) is 11.8 Å². The first kappa shape index (κ1) is 29.0. The number of carboxylic acid groups (broad SMARTS) is 1. The molecule has 0 aliphatic heterocycles. The monoisotopic (exact) mass is 596 g/mol. The van der Waals surface area contributed by atoms with Crippen LogP contribution in [0.5, 0.6) is 0 Å². The van der Waals surface area contributed by atoms with E-state index >= 15 is 4.39 Å². The highest BCUT2D eigenvalue weighted by molar-refractivity contribution is 6.34. The highest BCUT2D eigenvalue weighted by Crippen LogP contribution is 2.31. The van der Waals surface area contributed by atoms with Gasteiger partial charge in [0.05, 0.1) is 22.2 Å². The molecule has 9 nitrogen and oxygen atoms in total. The van der Waals surface area contributed by atoms with Crippen molar-refractivity contribution in [2.45, 2.75) is 37.9 Å². The number of aromatic nitrogens is 2. The van der Waals surface area contributed by atoms with Crippen LogP contribution in [0.2, 0.25) is 5.02 Å². The summed E-state index contributed by atoms with van der Waals surface area (Å²) < 4.78 is 32.5. The summed E-state index contributed by atoms with van der Waals surface area (Å²) in [6.45, 7) is 0. The molecule has 0 radical (unpaired) electrons. The van der Waals surface area contributed by atoms with E-state index in [0.717, 1.165) is 23.2 Å². The Balaban J connectivity index is 1.29. The lowest BCUT2D eigenvalue weighted by molar-refractivity contribution is -0.142. The molecule has 1 fully saturated rings. The number of carbonyl (C=O) groups is 4. The second kappa shape index (κ2) is 11.8. The average molecular weight is 597 g/mol. The number of halogens is 3. The van der Waals surface area contributed by atoms with Crippen LogP contribution in [0.25, 0.3) is 10.9 Å². The molecular weight excluding hydrogens is 570 g/mol. The Hall–Kier alpha value is -4.51. The van der Waals surface area contributed by atoms with E-state index < -0.39 is 53.3 Å². The number of aryl methyl sites for hydroxylation is 1. The van der Waals surface area contributed by atoms with Gasteiger partial charge in [-0.3, -0.25) is 23.7 Å².